The number of oxazole rings is 1. The van der Waals surface area contributed by atoms with E-state index >= 15 is 0 Å². The summed E-state index contributed by atoms with van der Waals surface area (Å²) in [6.45, 7) is 0.853. The number of nitrogens with one attached hydrogen (secondary N) is 1. The number of ether oxygens (including phenoxy) is 1. The Morgan fingerprint density at radius 2 is 1.76 bits per heavy atom. The Morgan fingerprint density at radius 3 is 2.47 bits per heavy atom. The second kappa shape index (κ2) is 17.2. The summed E-state index contributed by atoms with van der Waals surface area (Å²) in [5.41, 5.74) is 14.1. The van der Waals surface area contributed by atoms with Gasteiger partial charge in [-0.1, -0.05) is 66.2 Å². The van der Waals surface area contributed by atoms with Crippen LogP contribution >= 0.6 is 11.6 Å². The molecular formula is C37H43ClN6O5. The number of aliphatic imine (C=N–C) groups is 1. The molecule has 3 aromatic carbocycles. The number of benzene rings is 3. The molecular weight excluding hydrogens is 644 g/mol. The summed E-state index contributed by atoms with van der Waals surface area (Å²) in [5, 5.41) is 3.79. The highest BCUT2D eigenvalue weighted by Crippen LogP contribution is 2.29. The smallest absolute Gasteiger partial charge is 0.264 e. The Balaban J connectivity index is 1.35. The van der Waals surface area contributed by atoms with Crippen LogP contribution in [-0.2, 0) is 27.4 Å². The maximum Gasteiger partial charge on any atom is 0.264 e. The van der Waals surface area contributed by atoms with Gasteiger partial charge in [0.15, 0.2) is 17.3 Å². The summed E-state index contributed by atoms with van der Waals surface area (Å²) in [6, 6.07) is 23.1. The lowest BCUT2D eigenvalue weighted by Gasteiger charge is -2.28. The van der Waals surface area contributed by atoms with Crippen LogP contribution in [0.5, 0.6) is 0 Å². The quantitative estimate of drug-likeness (QED) is 0.0618. The normalized spacial score (nSPS) is 17.1. The van der Waals surface area contributed by atoms with Gasteiger partial charge in [0.05, 0.1) is 24.8 Å². The lowest BCUT2D eigenvalue weighted by molar-refractivity contribution is -0.139. The highest BCUT2D eigenvalue weighted by molar-refractivity contribution is 6.30. The van der Waals surface area contributed by atoms with Crippen molar-refractivity contribution in [3.05, 3.63) is 101 Å². The fourth-order valence-corrected chi connectivity index (χ4v) is 6.34. The van der Waals surface area contributed by atoms with Crippen LogP contribution in [0.25, 0.3) is 11.1 Å². The molecule has 12 heteroatoms. The van der Waals surface area contributed by atoms with Crippen molar-refractivity contribution in [2.24, 2.45) is 22.4 Å². The lowest BCUT2D eigenvalue weighted by Crippen LogP contribution is -2.50. The molecule has 11 nitrogen and oxygen atoms in total. The van der Waals surface area contributed by atoms with Crippen molar-refractivity contribution in [3.63, 3.8) is 0 Å². The second-order valence-corrected chi connectivity index (χ2v) is 12.8. The summed E-state index contributed by atoms with van der Waals surface area (Å²) in [4.78, 5) is 52.2. The molecule has 0 radical (unpaired) electrons. The van der Waals surface area contributed by atoms with Gasteiger partial charge in [0, 0.05) is 36.9 Å². The van der Waals surface area contributed by atoms with Gasteiger partial charge in [-0.25, -0.2) is 4.98 Å². The lowest BCUT2D eigenvalue weighted by atomic mass is 9.89. The predicted octanol–water partition coefficient (Wildman–Crippen LogP) is 4.70. The topological polar surface area (TPSA) is 166 Å². The van der Waals surface area contributed by atoms with E-state index in [-0.39, 0.29) is 48.4 Å². The number of amides is 1. The molecule has 1 aliphatic heterocycles. The number of likely N-dealkylation sites (N-methyl/N-ethyl adjacent to an activating group) is 1. The average molecular weight is 687 g/mol. The molecule has 0 spiro atoms. The number of guanidine groups is 1. The molecule has 1 saturated heterocycles. The van der Waals surface area contributed by atoms with Crippen molar-refractivity contribution >= 4 is 46.1 Å². The van der Waals surface area contributed by atoms with Gasteiger partial charge in [0.25, 0.3) is 5.89 Å². The maximum absolute atomic E-state index is 14.2. The first-order valence-electron chi connectivity index (χ1n) is 16.6. The molecule has 0 bridgehead atoms. The molecule has 1 fully saturated rings. The molecule has 1 amide bonds. The van der Waals surface area contributed by atoms with E-state index in [0.717, 1.165) is 11.1 Å². The molecule has 4 atom stereocenters. The van der Waals surface area contributed by atoms with Gasteiger partial charge in [0.1, 0.15) is 5.52 Å². The summed E-state index contributed by atoms with van der Waals surface area (Å²) in [6.07, 6.45) is 1.86. The number of Topliss-reactive ketones (excluding diaryl/α,β-unsaturated/α-hetero) is 2. The predicted molar refractivity (Wildman–Crippen MR) is 189 cm³/mol. The van der Waals surface area contributed by atoms with Crippen molar-refractivity contribution in [1.29, 1.82) is 0 Å². The van der Waals surface area contributed by atoms with Gasteiger partial charge >= 0.3 is 0 Å². The molecule has 1 aliphatic rings. The number of fused-ring (bicyclic) bond motifs is 1. The van der Waals surface area contributed by atoms with E-state index in [2.05, 4.69) is 15.3 Å². The highest BCUT2D eigenvalue weighted by atomic mass is 35.5. The fourth-order valence-electron chi connectivity index (χ4n) is 6.21. The molecule has 0 saturated carbocycles. The monoisotopic (exact) mass is 686 g/mol. The Labute approximate surface area is 291 Å². The van der Waals surface area contributed by atoms with E-state index in [9.17, 15) is 14.4 Å². The number of carbonyl (C=O) groups is 3. The number of aryl methyl sites for hydroxylation is 1. The molecule has 0 unspecified atom stereocenters. The number of nitrogens with two attached hydrogens (primary N) is 2. The van der Waals surface area contributed by atoms with Crippen LogP contribution in [0.2, 0.25) is 5.02 Å². The minimum Gasteiger partial charge on any atom is -0.434 e. The first-order valence-corrected chi connectivity index (χ1v) is 16.9. The molecule has 258 valence electrons. The number of ketones is 2. The second-order valence-electron chi connectivity index (χ2n) is 12.3. The average Bonchev–Trinajstić information content (AvgIpc) is 3.75. The number of rotatable bonds is 17. The van der Waals surface area contributed by atoms with E-state index < -0.39 is 18.0 Å². The Kier molecular flexibility index (Phi) is 12.5. The number of carbonyl (C=O) groups excluding carboxylic acids is 3. The minimum absolute atomic E-state index is 0.0472. The zero-order valence-corrected chi connectivity index (χ0v) is 28.4. The third kappa shape index (κ3) is 9.75. The number of aromatic nitrogens is 1. The summed E-state index contributed by atoms with van der Waals surface area (Å²) in [7, 11) is 1.75. The molecule has 0 aliphatic carbocycles. The summed E-state index contributed by atoms with van der Waals surface area (Å²) >= 11 is 6.05. The summed E-state index contributed by atoms with van der Waals surface area (Å²) in [5.74, 6) is -1.63. The van der Waals surface area contributed by atoms with Crippen molar-refractivity contribution in [1.82, 2.24) is 15.2 Å². The minimum atomic E-state index is -0.771. The van der Waals surface area contributed by atoms with Gasteiger partial charge in [-0.3, -0.25) is 19.4 Å². The van der Waals surface area contributed by atoms with Crippen LogP contribution in [0, 0.1) is 5.92 Å². The van der Waals surface area contributed by atoms with Crippen LogP contribution in [0.4, 0.5) is 0 Å². The van der Waals surface area contributed by atoms with Crippen molar-refractivity contribution in [2.75, 3.05) is 20.1 Å². The third-order valence-corrected chi connectivity index (χ3v) is 9.11. The third-order valence-electron chi connectivity index (χ3n) is 8.86. The first kappa shape index (κ1) is 35.7. The van der Waals surface area contributed by atoms with Gasteiger partial charge in [0.2, 0.25) is 11.7 Å². The highest BCUT2D eigenvalue weighted by Gasteiger charge is 2.43. The van der Waals surface area contributed by atoms with Gasteiger partial charge < -0.3 is 30.8 Å². The van der Waals surface area contributed by atoms with E-state index in [4.69, 9.17) is 32.2 Å². The van der Waals surface area contributed by atoms with Crippen molar-refractivity contribution < 1.29 is 23.5 Å². The van der Waals surface area contributed by atoms with Crippen LogP contribution in [0.15, 0.2) is 88.3 Å². The SMILES string of the molecule is CN[C@H](CCc1ccccc1)C(=O)N1C[C@H](OCc2ccc(Cl)cc2)C[C@H]1C(=O)C[C@@H](CCCN=C(N)N)C(=O)c1nc2ccccc2o1. The number of hydrogen-bond acceptors (Lipinski definition) is 8. The molecule has 1 aromatic heterocycles. The van der Waals surface area contributed by atoms with E-state index in [1.165, 1.54) is 0 Å². The van der Waals surface area contributed by atoms with E-state index in [1.54, 1.807) is 42.3 Å². The van der Waals surface area contributed by atoms with Crippen LogP contribution in [-0.4, -0.2) is 71.6 Å². The van der Waals surface area contributed by atoms with Gasteiger partial charge in [-0.15, -0.1) is 0 Å². The van der Waals surface area contributed by atoms with E-state index in [0.29, 0.717) is 61.4 Å². The zero-order chi connectivity index (χ0) is 34.8. The van der Waals surface area contributed by atoms with E-state index in [1.807, 2.05) is 48.5 Å². The number of para-hydroxylation sites is 2. The standard InChI is InChI=1S/C37H43ClN6O5/c1-41-30(18-15-24-8-3-2-4-9-24)36(47)44-22-28(48-23-25-13-16-27(38)17-14-25)21-31(44)32(45)20-26(10-7-19-42-37(39)40)34(46)35-43-29-11-5-6-12-33(29)49-35/h2-6,8-9,11-14,16-17,26,28,30-31,41H,7,10,15,18-23H2,1H3,(H4,39,40,42)/t26-,28-,30-,31+/m1/s1. The molecule has 5 N–H and O–H groups in total. The number of halogens is 1. The van der Waals surface area contributed by atoms with Crippen molar-refractivity contribution in [2.45, 2.75) is 63.3 Å². The first-order chi connectivity index (χ1) is 23.7. The number of nitrogens with zero attached hydrogens (tertiary/aromatic N) is 3. The van der Waals surface area contributed by atoms with Crippen LogP contribution in [0.3, 0.4) is 0 Å². The maximum atomic E-state index is 14.2. The van der Waals surface area contributed by atoms with Crippen LogP contribution < -0.4 is 16.8 Å². The fraction of sp³-hybridized carbons (Fsp3) is 0.378. The molecule has 2 heterocycles. The number of likely N-dealkylation sites (tertiary alicyclic amines) is 1. The Bertz CT molecular complexity index is 1710. The molecule has 5 rings (SSSR count). The molecule has 49 heavy (non-hydrogen) atoms. The van der Waals surface area contributed by atoms with Gasteiger partial charge in [-0.2, -0.15) is 0 Å². The van der Waals surface area contributed by atoms with Crippen molar-refractivity contribution in [3.8, 4) is 0 Å². The zero-order valence-electron chi connectivity index (χ0n) is 27.6. The largest absolute Gasteiger partial charge is 0.434 e. The Morgan fingerprint density at radius 1 is 1.02 bits per heavy atom. The number of hydrogen-bond donors (Lipinski definition) is 3. The molecule has 4 aromatic rings. The summed E-state index contributed by atoms with van der Waals surface area (Å²) < 4.78 is 12.0. The van der Waals surface area contributed by atoms with Crippen LogP contribution in [0.1, 0.15) is 53.9 Å². The van der Waals surface area contributed by atoms with Gasteiger partial charge in [-0.05, 0) is 68.1 Å². The Hall–Kier alpha value is -4.58.